The van der Waals surface area contributed by atoms with Crippen molar-refractivity contribution in [1.82, 2.24) is 0 Å². The maximum atomic E-state index is 6.03. The first kappa shape index (κ1) is 12.0. The molecule has 0 saturated carbocycles. The fourth-order valence-corrected chi connectivity index (χ4v) is 2.37. The maximum Gasteiger partial charge on any atom is 0.0722 e. The summed E-state index contributed by atoms with van der Waals surface area (Å²) in [6.45, 7) is 4.63. The molecule has 1 atom stereocenters. The Bertz CT molecular complexity index is 370. The zero-order chi connectivity index (χ0) is 11.5. The third-order valence-electron chi connectivity index (χ3n) is 2.77. The van der Waals surface area contributed by atoms with Gasteiger partial charge in [-0.1, -0.05) is 17.7 Å². The van der Waals surface area contributed by atoms with Crippen LogP contribution in [0.2, 0.25) is 5.02 Å². The van der Waals surface area contributed by atoms with E-state index >= 15 is 0 Å². The summed E-state index contributed by atoms with van der Waals surface area (Å²) in [5.74, 6) is 0.512. The van der Waals surface area contributed by atoms with Gasteiger partial charge >= 0.3 is 0 Å². The molecule has 1 saturated heterocycles. The Morgan fingerprint density at radius 1 is 1.50 bits per heavy atom. The van der Waals surface area contributed by atoms with Crippen LogP contribution in [0, 0.1) is 0 Å². The van der Waals surface area contributed by atoms with E-state index < -0.39 is 0 Å². The molecule has 0 bridgehead atoms. The van der Waals surface area contributed by atoms with Crippen molar-refractivity contribution in [2.24, 2.45) is 0 Å². The van der Waals surface area contributed by atoms with E-state index in [1.807, 2.05) is 18.2 Å². The fourth-order valence-electron chi connectivity index (χ4n) is 1.98. The van der Waals surface area contributed by atoms with Crippen LogP contribution in [-0.2, 0) is 10.6 Å². The van der Waals surface area contributed by atoms with Gasteiger partial charge in [-0.2, -0.15) is 0 Å². The number of benzene rings is 1. The van der Waals surface area contributed by atoms with Crippen LogP contribution >= 0.6 is 23.2 Å². The maximum absolute atomic E-state index is 6.03. The third kappa shape index (κ3) is 2.62. The molecule has 4 heteroatoms. The molecule has 2 nitrogen and oxygen atoms in total. The fraction of sp³-hybridized carbons (Fsp3) is 0.500. The van der Waals surface area contributed by atoms with E-state index in [0.29, 0.717) is 5.88 Å². The van der Waals surface area contributed by atoms with Gasteiger partial charge < -0.3 is 9.64 Å². The van der Waals surface area contributed by atoms with Crippen LogP contribution in [0.1, 0.15) is 12.5 Å². The molecule has 16 heavy (non-hydrogen) atoms. The van der Waals surface area contributed by atoms with Crippen molar-refractivity contribution >= 4 is 28.9 Å². The number of alkyl halides is 1. The van der Waals surface area contributed by atoms with Crippen LogP contribution in [-0.4, -0.2) is 25.8 Å². The van der Waals surface area contributed by atoms with Gasteiger partial charge in [0, 0.05) is 29.7 Å². The van der Waals surface area contributed by atoms with Crippen molar-refractivity contribution in [3.8, 4) is 0 Å². The van der Waals surface area contributed by atoms with E-state index in [9.17, 15) is 0 Å². The quantitative estimate of drug-likeness (QED) is 0.756. The number of ether oxygens (including phenoxy) is 1. The minimum absolute atomic E-state index is 0.260. The Labute approximate surface area is 106 Å². The predicted octanol–water partition coefficient (Wildman–Crippen LogP) is 3.30. The molecule has 0 aliphatic carbocycles. The Hall–Kier alpha value is -0.440. The van der Waals surface area contributed by atoms with Gasteiger partial charge in [0.2, 0.25) is 0 Å². The largest absolute Gasteiger partial charge is 0.375 e. The Morgan fingerprint density at radius 3 is 3.00 bits per heavy atom. The summed E-state index contributed by atoms with van der Waals surface area (Å²) in [6, 6.07) is 5.86. The van der Waals surface area contributed by atoms with Crippen molar-refractivity contribution < 1.29 is 4.74 Å². The van der Waals surface area contributed by atoms with E-state index in [1.165, 1.54) is 0 Å². The molecular weight excluding hydrogens is 245 g/mol. The lowest BCUT2D eigenvalue weighted by atomic mass is 10.1. The zero-order valence-corrected chi connectivity index (χ0v) is 10.8. The summed E-state index contributed by atoms with van der Waals surface area (Å²) >= 11 is 12.0. The average molecular weight is 260 g/mol. The first-order valence-electron chi connectivity index (χ1n) is 5.41. The highest BCUT2D eigenvalue weighted by molar-refractivity contribution is 6.31. The first-order valence-corrected chi connectivity index (χ1v) is 6.33. The summed E-state index contributed by atoms with van der Waals surface area (Å²) in [5, 5.41) is 0.753. The van der Waals surface area contributed by atoms with E-state index in [4.69, 9.17) is 27.9 Å². The lowest BCUT2D eigenvalue weighted by Crippen LogP contribution is -2.41. The van der Waals surface area contributed by atoms with Crippen LogP contribution in [0.15, 0.2) is 18.2 Å². The summed E-state index contributed by atoms with van der Waals surface area (Å²) in [7, 11) is 0. The van der Waals surface area contributed by atoms with Gasteiger partial charge in [0.15, 0.2) is 0 Å². The topological polar surface area (TPSA) is 12.5 Å². The number of halogens is 2. The third-order valence-corrected chi connectivity index (χ3v) is 3.30. The molecular formula is C12H15Cl2NO. The molecule has 2 rings (SSSR count). The monoisotopic (exact) mass is 259 g/mol. The molecule has 0 aromatic heterocycles. The highest BCUT2D eigenvalue weighted by Gasteiger charge is 2.19. The van der Waals surface area contributed by atoms with Crippen LogP contribution in [0.4, 0.5) is 5.69 Å². The molecule has 88 valence electrons. The van der Waals surface area contributed by atoms with Gasteiger partial charge in [0.05, 0.1) is 12.7 Å². The van der Waals surface area contributed by atoms with Gasteiger partial charge in [0.1, 0.15) is 0 Å². The van der Waals surface area contributed by atoms with Crippen molar-refractivity contribution in [2.45, 2.75) is 18.9 Å². The van der Waals surface area contributed by atoms with E-state index in [0.717, 1.165) is 36.0 Å². The number of rotatable bonds is 2. The standard InChI is InChI=1S/C12H15Cl2NO/c1-9-8-15(4-5-16-9)12-6-11(14)3-2-10(12)7-13/h2-3,6,9H,4-5,7-8H2,1H3. The number of morpholine rings is 1. The second-order valence-electron chi connectivity index (χ2n) is 4.03. The van der Waals surface area contributed by atoms with Gasteiger partial charge in [0.25, 0.3) is 0 Å². The molecule has 0 radical (unpaired) electrons. The predicted molar refractivity (Wildman–Crippen MR) is 68.6 cm³/mol. The lowest BCUT2D eigenvalue weighted by molar-refractivity contribution is 0.0532. The van der Waals surface area contributed by atoms with Gasteiger partial charge in [-0.3, -0.25) is 0 Å². The summed E-state index contributed by atoms with van der Waals surface area (Å²) < 4.78 is 5.53. The molecule has 1 aliphatic heterocycles. The van der Waals surface area contributed by atoms with Crippen molar-refractivity contribution in [2.75, 3.05) is 24.6 Å². The van der Waals surface area contributed by atoms with Gasteiger partial charge in [-0.15, -0.1) is 11.6 Å². The summed E-state index contributed by atoms with van der Waals surface area (Å²) in [4.78, 5) is 2.29. The van der Waals surface area contributed by atoms with Gasteiger partial charge in [-0.05, 0) is 24.6 Å². The van der Waals surface area contributed by atoms with Crippen molar-refractivity contribution in [3.05, 3.63) is 28.8 Å². The zero-order valence-electron chi connectivity index (χ0n) is 9.25. The molecule has 0 spiro atoms. The lowest BCUT2D eigenvalue weighted by Gasteiger charge is -2.34. The van der Waals surface area contributed by atoms with Gasteiger partial charge in [-0.25, -0.2) is 0 Å². The van der Waals surface area contributed by atoms with Crippen molar-refractivity contribution in [3.63, 3.8) is 0 Å². The minimum atomic E-state index is 0.260. The highest BCUT2D eigenvalue weighted by atomic mass is 35.5. The molecule has 0 N–H and O–H groups in total. The number of nitrogens with zero attached hydrogens (tertiary/aromatic N) is 1. The molecule has 1 aliphatic rings. The first-order chi connectivity index (χ1) is 7.70. The second-order valence-corrected chi connectivity index (χ2v) is 4.74. The van der Waals surface area contributed by atoms with E-state index in [-0.39, 0.29) is 6.10 Å². The summed E-state index contributed by atoms with van der Waals surface area (Å²) in [5.41, 5.74) is 2.26. The van der Waals surface area contributed by atoms with Crippen LogP contribution in [0.3, 0.4) is 0 Å². The SMILES string of the molecule is CC1CN(c2cc(Cl)ccc2CCl)CCO1. The minimum Gasteiger partial charge on any atom is -0.375 e. The summed E-state index contributed by atoms with van der Waals surface area (Å²) in [6.07, 6.45) is 0.260. The van der Waals surface area contributed by atoms with E-state index in [1.54, 1.807) is 0 Å². The van der Waals surface area contributed by atoms with Crippen LogP contribution < -0.4 is 4.90 Å². The number of hydrogen-bond donors (Lipinski definition) is 0. The number of hydrogen-bond acceptors (Lipinski definition) is 2. The molecule has 1 aromatic rings. The smallest absolute Gasteiger partial charge is 0.0722 e. The molecule has 1 unspecified atom stereocenters. The van der Waals surface area contributed by atoms with E-state index in [2.05, 4.69) is 11.8 Å². The van der Waals surface area contributed by atoms with Crippen molar-refractivity contribution in [1.29, 1.82) is 0 Å². The average Bonchev–Trinajstić information content (AvgIpc) is 2.29. The molecule has 1 fully saturated rings. The van der Waals surface area contributed by atoms with Crippen LogP contribution in [0.25, 0.3) is 0 Å². The number of anilines is 1. The molecule has 1 aromatic carbocycles. The molecule has 1 heterocycles. The molecule has 0 amide bonds. The Morgan fingerprint density at radius 2 is 2.31 bits per heavy atom. The second kappa shape index (κ2) is 5.26. The van der Waals surface area contributed by atoms with Crippen LogP contribution in [0.5, 0.6) is 0 Å². The normalized spacial score (nSPS) is 21.2. The Balaban J connectivity index is 2.26. The Kier molecular flexibility index (Phi) is 3.95. The highest BCUT2D eigenvalue weighted by Crippen LogP contribution is 2.27.